The number of anilines is 1. The van der Waals surface area contributed by atoms with Crippen LogP contribution in [-0.4, -0.2) is 31.4 Å². The molecule has 0 N–H and O–H groups in total. The molecule has 1 aliphatic rings. The van der Waals surface area contributed by atoms with Gasteiger partial charge in [-0.05, 0) is 80.8 Å². The fourth-order valence-corrected chi connectivity index (χ4v) is 3.76. The zero-order valence-corrected chi connectivity index (χ0v) is 20.6. The molecular weight excluding hydrogens is 440 g/mol. The highest BCUT2D eigenvalue weighted by Crippen LogP contribution is 2.31. The van der Waals surface area contributed by atoms with Crippen LogP contribution in [0.5, 0.6) is 17.2 Å². The number of hydrogen-bond donors (Lipinski definition) is 0. The summed E-state index contributed by atoms with van der Waals surface area (Å²) in [6.07, 6.45) is 1.83. The molecule has 4 rings (SSSR count). The third-order valence-corrected chi connectivity index (χ3v) is 5.58. The van der Waals surface area contributed by atoms with Crippen molar-refractivity contribution in [2.45, 2.75) is 27.7 Å². The molecule has 3 aromatic rings. The fraction of sp³-hybridized carbons (Fsp3) is 0.241. The second-order valence-electron chi connectivity index (χ2n) is 8.30. The zero-order valence-electron chi connectivity index (χ0n) is 20.6. The van der Waals surface area contributed by atoms with E-state index in [1.807, 2.05) is 94.4 Å². The van der Waals surface area contributed by atoms with Crippen molar-refractivity contribution < 1.29 is 19.0 Å². The predicted octanol–water partition coefficient (Wildman–Crippen LogP) is 5.97. The minimum absolute atomic E-state index is 0.157. The van der Waals surface area contributed by atoms with E-state index in [0.29, 0.717) is 42.6 Å². The normalized spacial score (nSPS) is 14.3. The summed E-state index contributed by atoms with van der Waals surface area (Å²) in [5.74, 6) is 1.96. The first-order chi connectivity index (χ1) is 17.0. The Hall–Kier alpha value is -4.06. The molecule has 0 aromatic heterocycles. The lowest BCUT2D eigenvalue weighted by molar-refractivity contribution is -0.114. The molecule has 6 heteroatoms. The molecule has 0 fully saturated rings. The van der Waals surface area contributed by atoms with E-state index in [1.165, 1.54) is 5.01 Å². The van der Waals surface area contributed by atoms with Gasteiger partial charge in [0, 0.05) is 0 Å². The average molecular weight is 471 g/mol. The van der Waals surface area contributed by atoms with Gasteiger partial charge in [0.1, 0.15) is 19.0 Å². The highest BCUT2D eigenvalue weighted by atomic mass is 16.5. The lowest BCUT2D eigenvalue weighted by Gasteiger charge is -2.14. The van der Waals surface area contributed by atoms with Gasteiger partial charge in [0.25, 0.3) is 5.91 Å². The number of para-hydroxylation sites is 1. The summed E-state index contributed by atoms with van der Waals surface area (Å²) in [7, 11) is 0. The second-order valence-corrected chi connectivity index (χ2v) is 8.30. The highest BCUT2D eigenvalue weighted by Gasteiger charge is 2.28. The van der Waals surface area contributed by atoms with Crippen LogP contribution in [0.15, 0.2) is 77.4 Å². The SMILES string of the molecule is CCOc1cc(/C=C2/C(=O)N(c3ccccc3)N=C2C)ccc1OCCOc1cc(C)ccc1C. The quantitative estimate of drug-likeness (QED) is 0.286. The van der Waals surface area contributed by atoms with Crippen molar-refractivity contribution in [1.82, 2.24) is 0 Å². The van der Waals surface area contributed by atoms with Gasteiger partial charge in [-0.1, -0.05) is 36.4 Å². The molecule has 0 unspecified atom stereocenters. The summed E-state index contributed by atoms with van der Waals surface area (Å²) in [6, 6.07) is 21.2. The van der Waals surface area contributed by atoms with Crippen molar-refractivity contribution in [3.05, 3.63) is 89.0 Å². The minimum Gasteiger partial charge on any atom is -0.490 e. The van der Waals surface area contributed by atoms with Gasteiger partial charge < -0.3 is 14.2 Å². The number of ether oxygens (including phenoxy) is 3. The van der Waals surface area contributed by atoms with Gasteiger partial charge in [-0.2, -0.15) is 10.1 Å². The van der Waals surface area contributed by atoms with Crippen LogP contribution in [0.1, 0.15) is 30.5 Å². The molecule has 1 aliphatic heterocycles. The van der Waals surface area contributed by atoms with Crippen molar-refractivity contribution in [3.63, 3.8) is 0 Å². The Kier molecular flexibility index (Phi) is 7.51. The Bertz CT molecular complexity index is 1260. The molecule has 0 saturated heterocycles. The zero-order chi connectivity index (χ0) is 24.8. The maximum Gasteiger partial charge on any atom is 0.280 e. The smallest absolute Gasteiger partial charge is 0.280 e. The van der Waals surface area contributed by atoms with Crippen LogP contribution in [0.3, 0.4) is 0 Å². The molecule has 3 aromatic carbocycles. The highest BCUT2D eigenvalue weighted by molar-refractivity contribution is 6.32. The standard InChI is InChI=1S/C29H30N2O4/c1-5-33-28-19-23(18-25-22(4)30-31(29(25)32)24-9-7-6-8-10-24)13-14-26(28)34-15-16-35-27-17-20(2)11-12-21(27)3/h6-14,17-19H,5,15-16H2,1-4H3/b25-18+. The number of nitrogens with zero attached hydrogens (tertiary/aromatic N) is 2. The van der Waals surface area contributed by atoms with Crippen molar-refractivity contribution in [1.29, 1.82) is 0 Å². The van der Waals surface area contributed by atoms with E-state index in [4.69, 9.17) is 14.2 Å². The summed E-state index contributed by atoms with van der Waals surface area (Å²) < 4.78 is 17.7. The monoisotopic (exact) mass is 470 g/mol. The third-order valence-electron chi connectivity index (χ3n) is 5.58. The average Bonchev–Trinajstić information content (AvgIpc) is 3.14. The number of carbonyl (C=O) groups is 1. The van der Waals surface area contributed by atoms with Crippen molar-refractivity contribution in [2.24, 2.45) is 5.10 Å². The summed E-state index contributed by atoms with van der Waals surface area (Å²) in [5, 5.41) is 5.87. The van der Waals surface area contributed by atoms with E-state index in [9.17, 15) is 4.79 Å². The topological polar surface area (TPSA) is 60.4 Å². The summed E-state index contributed by atoms with van der Waals surface area (Å²) in [4.78, 5) is 13.0. The van der Waals surface area contributed by atoms with Crippen LogP contribution in [0, 0.1) is 13.8 Å². The lowest BCUT2D eigenvalue weighted by Crippen LogP contribution is -2.21. The molecule has 0 radical (unpaired) electrons. The van der Waals surface area contributed by atoms with Crippen LogP contribution in [0.4, 0.5) is 5.69 Å². The van der Waals surface area contributed by atoms with E-state index in [1.54, 1.807) is 0 Å². The number of benzene rings is 3. The number of carbonyl (C=O) groups excluding carboxylic acids is 1. The maximum absolute atomic E-state index is 13.0. The molecule has 180 valence electrons. The molecule has 1 heterocycles. The predicted molar refractivity (Wildman–Crippen MR) is 140 cm³/mol. The molecule has 0 bridgehead atoms. The Labute approximate surface area is 206 Å². The van der Waals surface area contributed by atoms with Gasteiger partial charge in [-0.3, -0.25) is 4.79 Å². The number of hydrogen-bond acceptors (Lipinski definition) is 5. The summed E-state index contributed by atoms with van der Waals surface area (Å²) in [5.41, 5.74) is 5.03. The second kappa shape index (κ2) is 10.9. The molecule has 0 aliphatic carbocycles. The van der Waals surface area contributed by atoms with Crippen LogP contribution in [0.25, 0.3) is 6.08 Å². The molecule has 0 saturated carbocycles. The van der Waals surface area contributed by atoms with Gasteiger partial charge in [0.2, 0.25) is 0 Å². The summed E-state index contributed by atoms with van der Waals surface area (Å²) >= 11 is 0. The number of hydrazone groups is 1. The first kappa shape index (κ1) is 24.1. The Balaban J connectivity index is 1.45. The van der Waals surface area contributed by atoms with E-state index in [0.717, 1.165) is 28.1 Å². The van der Waals surface area contributed by atoms with Crippen molar-refractivity contribution in [3.8, 4) is 17.2 Å². The molecule has 1 amide bonds. The minimum atomic E-state index is -0.157. The number of amides is 1. The lowest BCUT2D eigenvalue weighted by atomic mass is 10.1. The van der Waals surface area contributed by atoms with Crippen LogP contribution in [0.2, 0.25) is 0 Å². The number of aryl methyl sites for hydroxylation is 2. The Morgan fingerprint density at radius 3 is 2.31 bits per heavy atom. The first-order valence-corrected chi connectivity index (χ1v) is 11.7. The van der Waals surface area contributed by atoms with Crippen molar-refractivity contribution in [2.75, 3.05) is 24.8 Å². The summed E-state index contributed by atoms with van der Waals surface area (Å²) in [6.45, 7) is 9.12. The first-order valence-electron chi connectivity index (χ1n) is 11.7. The maximum atomic E-state index is 13.0. The van der Waals surface area contributed by atoms with Gasteiger partial charge in [0.15, 0.2) is 11.5 Å². The molecule has 0 atom stereocenters. The third kappa shape index (κ3) is 5.72. The molecule has 0 spiro atoms. The van der Waals surface area contributed by atoms with Crippen LogP contribution in [-0.2, 0) is 4.79 Å². The Morgan fingerprint density at radius 1 is 0.829 bits per heavy atom. The van der Waals surface area contributed by atoms with Gasteiger partial charge in [0.05, 0.1) is 23.6 Å². The van der Waals surface area contributed by atoms with Gasteiger partial charge in [-0.15, -0.1) is 0 Å². The van der Waals surface area contributed by atoms with E-state index >= 15 is 0 Å². The molecular formula is C29H30N2O4. The van der Waals surface area contributed by atoms with Crippen LogP contribution < -0.4 is 19.2 Å². The van der Waals surface area contributed by atoms with Gasteiger partial charge in [-0.25, -0.2) is 0 Å². The molecule has 6 nitrogen and oxygen atoms in total. The largest absolute Gasteiger partial charge is 0.490 e. The Morgan fingerprint density at radius 2 is 1.57 bits per heavy atom. The van der Waals surface area contributed by atoms with Crippen LogP contribution >= 0.6 is 0 Å². The van der Waals surface area contributed by atoms with E-state index in [-0.39, 0.29) is 5.91 Å². The molecule has 35 heavy (non-hydrogen) atoms. The van der Waals surface area contributed by atoms with E-state index < -0.39 is 0 Å². The van der Waals surface area contributed by atoms with E-state index in [2.05, 4.69) is 11.2 Å². The van der Waals surface area contributed by atoms with Crippen molar-refractivity contribution >= 4 is 23.4 Å². The fourth-order valence-electron chi connectivity index (χ4n) is 3.76. The van der Waals surface area contributed by atoms with Gasteiger partial charge >= 0.3 is 0 Å². The number of rotatable bonds is 9.